The van der Waals surface area contributed by atoms with E-state index >= 15 is 0 Å². The van der Waals surface area contributed by atoms with Gasteiger partial charge >= 0.3 is 6.03 Å². The fourth-order valence-electron chi connectivity index (χ4n) is 3.39. The van der Waals surface area contributed by atoms with Gasteiger partial charge in [-0.05, 0) is 18.9 Å². The summed E-state index contributed by atoms with van der Waals surface area (Å²) in [4.78, 5) is 26.0. The minimum absolute atomic E-state index is 0.147. The van der Waals surface area contributed by atoms with Crippen molar-refractivity contribution in [3.63, 3.8) is 0 Å². The highest BCUT2D eigenvalue weighted by atomic mass is 35.5. The van der Waals surface area contributed by atoms with Crippen molar-refractivity contribution in [1.29, 1.82) is 0 Å². The lowest BCUT2D eigenvalue weighted by molar-refractivity contribution is 0.0314. The van der Waals surface area contributed by atoms with Crippen LogP contribution in [0.4, 0.5) is 4.79 Å². The summed E-state index contributed by atoms with van der Waals surface area (Å²) in [5.74, 6) is -0.147. The topological polar surface area (TPSA) is 66.4 Å². The number of nitrogens with zero attached hydrogens (tertiary/aromatic N) is 2. The minimum Gasteiger partial charge on any atom is -0.313 e. The molecule has 0 aliphatic carbocycles. The third kappa shape index (κ3) is 1.19. The lowest BCUT2D eigenvalue weighted by atomic mass is 10.0. The van der Waals surface area contributed by atoms with E-state index in [4.69, 9.17) is 23.2 Å². The number of fused-ring (bicyclic) bond motifs is 2. The molecule has 3 amide bonds. The van der Waals surface area contributed by atoms with Crippen LogP contribution < -0.4 is 10.6 Å². The van der Waals surface area contributed by atoms with Gasteiger partial charge in [-0.15, -0.1) is 0 Å². The molecule has 0 radical (unpaired) electrons. The Balaban J connectivity index is 2.00. The monoisotopic (exact) mass is 300 g/mol. The Labute approximate surface area is 118 Å². The second kappa shape index (κ2) is 3.37. The van der Waals surface area contributed by atoms with Gasteiger partial charge in [0, 0.05) is 6.54 Å². The number of hydrogen-bond donors (Lipinski definition) is 2. The van der Waals surface area contributed by atoms with Crippen LogP contribution in [0.5, 0.6) is 0 Å². The number of rotatable bonds is 0. The molecular formula is C11H10Cl2N4O2. The third-order valence-corrected chi connectivity index (χ3v) is 4.90. The molecule has 4 rings (SSSR count). The number of hydrogen-bond acceptors (Lipinski definition) is 2. The largest absolute Gasteiger partial charge is 0.318 e. The van der Waals surface area contributed by atoms with E-state index in [2.05, 4.69) is 10.6 Å². The van der Waals surface area contributed by atoms with Crippen LogP contribution in [0.3, 0.4) is 0 Å². The van der Waals surface area contributed by atoms with E-state index in [1.54, 1.807) is 15.5 Å². The van der Waals surface area contributed by atoms with Gasteiger partial charge in [0.2, 0.25) is 0 Å². The molecule has 6 nitrogen and oxygen atoms in total. The van der Waals surface area contributed by atoms with Crippen LogP contribution in [-0.2, 0) is 0 Å². The molecule has 3 aliphatic heterocycles. The molecule has 19 heavy (non-hydrogen) atoms. The minimum atomic E-state index is -0.715. The van der Waals surface area contributed by atoms with Crippen LogP contribution in [0.2, 0.25) is 10.2 Å². The molecule has 0 unspecified atom stereocenters. The maximum atomic E-state index is 12.5. The van der Waals surface area contributed by atoms with Gasteiger partial charge in [-0.1, -0.05) is 23.2 Å². The van der Waals surface area contributed by atoms with Gasteiger partial charge < -0.3 is 20.1 Å². The van der Waals surface area contributed by atoms with Crippen LogP contribution in [0.25, 0.3) is 0 Å². The maximum Gasteiger partial charge on any atom is 0.318 e. The van der Waals surface area contributed by atoms with Gasteiger partial charge in [0.05, 0.1) is 5.02 Å². The zero-order valence-corrected chi connectivity index (χ0v) is 11.3. The van der Waals surface area contributed by atoms with Gasteiger partial charge in [-0.3, -0.25) is 4.79 Å². The first-order valence-corrected chi connectivity index (χ1v) is 6.77. The third-order valence-electron chi connectivity index (χ3n) is 4.13. The Hall–Kier alpha value is -1.40. The van der Waals surface area contributed by atoms with Crippen molar-refractivity contribution < 1.29 is 9.59 Å². The highest BCUT2D eigenvalue weighted by Gasteiger charge is 2.60. The zero-order chi connectivity index (χ0) is 13.4. The number of amides is 3. The average Bonchev–Trinajstić information content (AvgIpc) is 2.99. The second-order valence-corrected chi connectivity index (χ2v) is 5.79. The molecule has 0 aromatic carbocycles. The fourth-order valence-corrected chi connectivity index (χ4v) is 3.82. The molecule has 1 aromatic heterocycles. The second-order valence-electron chi connectivity index (χ2n) is 5.02. The average molecular weight is 301 g/mol. The van der Waals surface area contributed by atoms with Crippen molar-refractivity contribution in [3.8, 4) is 0 Å². The zero-order valence-electron chi connectivity index (χ0n) is 9.74. The van der Waals surface area contributed by atoms with Crippen molar-refractivity contribution in [2.24, 2.45) is 0 Å². The Bertz CT molecular complexity index is 628. The molecule has 0 saturated carbocycles. The van der Waals surface area contributed by atoms with E-state index in [0.717, 1.165) is 6.42 Å². The van der Waals surface area contributed by atoms with Crippen molar-refractivity contribution in [2.45, 2.75) is 24.7 Å². The fraction of sp³-hybridized carbons (Fsp3) is 0.455. The summed E-state index contributed by atoms with van der Waals surface area (Å²) in [6.07, 6.45) is 1.14. The molecule has 1 aromatic rings. The first-order valence-electron chi connectivity index (χ1n) is 6.01. The Morgan fingerprint density at radius 1 is 1.37 bits per heavy atom. The van der Waals surface area contributed by atoms with Gasteiger partial charge in [0.25, 0.3) is 5.91 Å². The van der Waals surface area contributed by atoms with Crippen molar-refractivity contribution >= 4 is 35.1 Å². The van der Waals surface area contributed by atoms with E-state index in [1.807, 2.05) is 0 Å². The van der Waals surface area contributed by atoms with Crippen molar-refractivity contribution in [3.05, 3.63) is 21.9 Å². The number of nitrogens with one attached hydrogen (secondary N) is 2. The quantitative estimate of drug-likeness (QED) is 0.763. The number of aromatic nitrogens is 1. The highest BCUT2D eigenvalue weighted by Crippen LogP contribution is 2.46. The molecule has 4 heterocycles. The number of carbonyl (C=O) groups excluding carboxylic acids is 2. The van der Waals surface area contributed by atoms with Crippen LogP contribution in [0, 0.1) is 0 Å². The normalized spacial score (nSPS) is 31.7. The molecule has 1 spiro atoms. The number of halogens is 2. The van der Waals surface area contributed by atoms with Crippen LogP contribution >= 0.6 is 23.2 Å². The summed E-state index contributed by atoms with van der Waals surface area (Å²) >= 11 is 12.2. The van der Waals surface area contributed by atoms with Crippen molar-refractivity contribution in [1.82, 2.24) is 20.1 Å². The number of urea groups is 1. The Kier molecular flexibility index (Phi) is 2.03. The predicted molar refractivity (Wildman–Crippen MR) is 68.2 cm³/mol. The molecule has 2 N–H and O–H groups in total. The summed E-state index contributed by atoms with van der Waals surface area (Å²) in [6, 6.07) is 1.26. The first kappa shape index (κ1) is 11.4. The summed E-state index contributed by atoms with van der Waals surface area (Å²) in [7, 11) is 0. The molecule has 8 heteroatoms. The van der Waals surface area contributed by atoms with Gasteiger partial charge in [-0.2, -0.15) is 0 Å². The predicted octanol–water partition coefficient (Wildman–Crippen LogP) is 1.55. The number of carbonyl (C=O) groups is 2. The lowest BCUT2D eigenvalue weighted by Gasteiger charge is -2.43. The molecule has 2 atom stereocenters. The van der Waals surface area contributed by atoms with Crippen LogP contribution in [-0.4, -0.2) is 33.6 Å². The molecule has 2 fully saturated rings. The summed E-state index contributed by atoms with van der Waals surface area (Å²) in [6.45, 7) is 0.623. The molecule has 100 valence electrons. The van der Waals surface area contributed by atoms with Gasteiger partial charge in [-0.25, -0.2) is 4.79 Å². The summed E-state index contributed by atoms with van der Waals surface area (Å²) < 4.78 is 1.62. The smallest absolute Gasteiger partial charge is 0.313 e. The Morgan fingerprint density at radius 2 is 2.16 bits per heavy atom. The van der Waals surface area contributed by atoms with Crippen LogP contribution in [0.1, 0.15) is 29.5 Å². The standard InChI is InChI=1S/C11H10Cl2N4O2/c12-5-4-6-8(18)16-3-1-2-11(16)9(14-10(19)15-11)17(6)7(5)13/h4,9H,1-3H2,(H2,14,15,19)/t9-,11+/m0/s1. The SMILES string of the molecule is O=C1N[C@H]2n3c(cc(Cl)c3Cl)C(=O)N3CCC[C@]23N1. The molecule has 3 aliphatic rings. The highest BCUT2D eigenvalue weighted by molar-refractivity contribution is 6.42. The van der Waals surface area contributed by atoms with Gasteiger partial charge in [0.1, 0.15) is 10.8 Å². The van der Waals surface area contributed by atoms with E-state index in [1.165, 1.54) is 0 Å². The van der Waals surface area contributed by atoms with E-state index in [9.17, 15) is 9.59 Å². The summed E-state index contributed by atoms with van der Waals surface area (Å²) in [5.41, 5.74) is -0.297. The van der Waals surface area contributed by atoms with E-state index < -0.39 is 11.8 Å². The molecule has 2 saturated heterocycles. The summed E-state index contributed by atoms with van der Waals surface area (Å²) in [5, 5.41) is 6.30. The molecular weight excluding hydrogens is 291 g/mol. The Morgan fingerprint density at radius 3 is 2.95 bits per heavy atom. The van der Waals surface area contributed by atoms with E-state index in [-0.39, 0.29) is 17.1 Å². The molecule has 0 bridgehead atoms. The lowest BCUT2D eigenvalue weighted by Crippen LogP contribution is -2.62. The van der Waals surface area contributed by atoms with Gasteiger partial charge in [0.15, 0.2) is 11.8 Å². The maximum absolute atomic E-state index is 12.5. The van der Waals surface area contributed by atoms with E-state index in [0.29, 0.717) is 23.7 Å². The van der Waals surface area contributed by atoms with Crippen molar-refractivity contribution in [2.75, 3.05) is 6.54 Å². The first-order chi connectivity index (χ1) is 9.04. The van der Waals surface area contributed by atoms with Crippen LogP contribution in [0.15, 0.2) is 6.07 Å².